The largest absolute Gasteiger partial charge is 0.453 e. The third-order valence-electron chi connectivity index (χ3n) is 5.13. The van der Waals surface area contributed by atoms with Crippen LogP contribution in [0.1, 0.15) is 29.0 Å². The maximum absolute atomic E-state index is 13.1. The quantitative estimate of drug-likeness (QED) is 0.409. The standard InChI is InChI=1S/C21H24N4O2S2/c1-24-14-22-23-21(24)29-19-10-9-16(27-19)13-25-11-5-6-15(12-25)20(26)17-7-3-4-8-18(17)28-2/h3-4,7-10,14-15H,5-6,11-13H2,1-2H3. The molecule has 6 nitrogen and oxygen atoms in total. The van der Waals surface area contributed by atoms with Gasteiger partial charge in [-0.2, -0.15) is 0 Å². The van der Waals surface area contributed by atoms with Gasteiger partial charge >= 0.3 is 0 Å². The number of piperidine rings is 1. The second kappa shape index (κ2) is 9.19. The summed E-state index contributed by atoms with van der Waals surface area (Å²) >= 11 is 3.09. The van der Waals surface area contributed by atoms with Gasteiger partial charge in [0, 0.05) is 30.0 Å². The van der Waals surface area contributed by atoms with Crippen molar-refractivity contribution in [3.8, 4) is 0 Å². The van der Waals surface area contributed by atoms with Crippen LogP contribution in [0.15, 0.2) is 62.3 Å². The molecule has 0 aliphatic carbocycles. The van der Waals surface area contributed by atoms with Crippen LogP contribution in [0.25, 0.3) is 0 Å². The molecule has 1 aliphatic rings. The maximum atomic E-state index is 13.1. The number of benzene rings is 1. The van der Waals surface area contributed by atoms with Crippen molar-refractivity contribution in [2.24, 2.45) is 13.0 Å². The number of aromatic nitrogens is 3. The van der Waals surface area contributed by atoms with Gasteiger partial charge in [0.05, 0.1) is 6.54 Å². The van der Waals surface area contributed by atoms with E-state index in [2.05, 4.69) is 15.1 Å². The molecule has 4 rings (SSSR count). The Kier molecular flexibility index (Phi) is 6.42. The molecule has 0 bridgehead atoms. The van der Waals surface area contributed by atoms with Gasteiger partial charge in [-0.25, -0.2) is 0 Å². The van der Waals surface area contributed by atoms with E-state index in [1.54, 1.807) is 18.1 Å². The number of carbonyl (C=O) groups excluding carboxylic acids is 1. The fraction of sp³-hybridized carbons (Fsp3) is 0.381. The molecule has 1 atom stereocenters. The van der Waals surface area contributed by atoms with Gasteiger partial charge in [-0.1, -0.05) is 18.2 Å². The minimum Gasteiger partial charge on any atom is -0.453 e. The van der Waals surface area contributed by atoms with Crippen LogP contribution in [-0.4, -0.2) is 44.8 Å². The van der Waals surface area contributed by atoms with Crippen LogP contribution in [0.3, 0.4) is 0 Å². The monoisotopic (exact) mass is 428 g/mol. The van der Waals surface area contributed by atoms with Crippen molar-refractivity contribution in [3.05, 3.63) is 54.0 Å². The summed E-state index contributed by atoms with van der Waals surface area (Å²) in [5, 5.41) is 9.56. The first-order valence-corrected chi connectivity index (χ1v) is 11.7. The minimum absolute atomic E-state index is 0.0412. The molecular formula is C21H24N4O2S2. The Morgan fingerprint density at radius 3 is 2.93 bits per heavy atom. The SMILES string of the molecule is CSc1ccccc1C(=O)C1CCCN(Cc2ccc(Sc3nncn3C)o2)C1. The predicted octanol–water partition coefficient (Wildman–Crippen LogP) is 4.38. The molecule has 1 unspecified atom stereocenters. The summed E-state index contributed by atoms with van der Waals surface area (Å²) in [5.41, 5.74) is 0.854. The Morgan fingerprint density at radius 1 is 1.28 bits per heavy atom. The summed E-state index contributed by atoms with van der Waals surface area (Å²) in [6.45, 7) is 2.47. The van der Waals surface area contributed by atoms with E-state index in [1.807, 2.05) is 54.3 Å². The van der Waals surface area contributed by atoms with Crippen LogP contribution >= 0.6 is 23.5 Å². The van der Waals surface area contributed by atoms with Gasteiger partial charge in [0.15, 0.2) is 16.0 Å². The van der Waals surface area contributed by atoms with Crippen molar-refractivity contribution in [3.63, 3.8) is 0 Å². The van der Waals surface area contributed by atoms with E-state index >= 15 is 0 Å². The zero-order valence-corrected chi connectivity index (χ0v) is 18.2. The molecule has 1 saturated heterocycles. The second-order valence-electron chi connectivity index (χ2n) is 7.19. The average Bonchev–Trinajstić information content (AvgIpc) is 3.36. The molecule has 3 heterocycles. The van der Waals surface area contributed by atoms with E-state index < -0.39 is 0 Å². The summed E-state index contributed by atoms with van der Waals surface area (Å²) in [7, 11) is 1.91. The number of carbonyl (C=O) groups is 1. The highest BCUT2D eigenvalue weighted by molar-refractivity contribution is 7.99. The fourth-order valence-corrected chi connectivity index (χ4v) is 5.00. The van der Waals surface area contributed by atoms with Crippen molar-refractivity contribution in [1.82, 2.24) is 19.7 Å². The van der Waals surface area contributed by atoms with Gasteiger partial charge < -0.3 is 8.98 Å². The highest BCUT2D eigenvalue weighted by atomic mass is 32.2. The van der Waals surface area contributed by atoms with E-state index in [0.717, 1.165) is 52.4 Å². The normalized spacial score (nSPS) is 17.5. The molecule has 0 amide bonds. The maximum Gasteiger partial charge on any atom is 0.198 e. The number of hydrogen-bond donors (Lipinski definition) is 0. The summed E-state index contributed by atoms with van der Waals surface area (Å²) in [6.07, 6.45) is 5.67. The minimum atomic E-state index is 0.0412. The van der Waals surface area contributed by atoms with Crippen LogP contribution in [0.5, 0.6) is 0 Å². The Bertz CT molecular complexity index is 984. The number of rotatable bonds is 7. The molecule has 8 heteroatoms. The third kappa shape index (κ3) is 4.76. The van der Waals surface area contributed by atoms with Crippen LogP contribution in [0, 0.1) is 5.92 Å². The Morgan fingerprint density at radius 2 is 2.14 bits per heavy atom. The molecule has 3 aromatic rings. The second-order valence-corrected chi connectivity index (χ2v) is 9.01. The molecule has 1 aromatic carbocycles. The number of Topliss-reactive ketones (excluding diaryl/α,β-unsaturated/α-hetero) is 1. The van der Waals surface area contributed by atoms with Gasteiger partial charge in [-0.3, -0.25) is 9.69 Å². The first-order valence-electron chi connectivity index (χ1n) is 9.64. The molecule has 0 N–H and O–H groups in total. The summed E-state index contributed by atoms with van der Waals surface area (Å²) in [4.78, 5) is 16.5. The van der Waals surface area contributed by atoms with Crippen molar-refractivity contribution >= 4 is 29.3 Å². The summed E-state index contributed by atoms with van der Waals surface area (Å²) in [6, 6.07) is 11.9. The first-order chi connectivity index (χ1) is 14.1. The zero-order valence-electron chi connectivity index (χ0n) is 16.6. The Hall–Kier alpha value is -2.03. The van der Waals surface area contributed by atoms with Crippen LogP contribution in [-0.2, 0) is 13.6 Å². The first kappa shape index (κ1) is 20.3. The van der Waals surface area contributed by atoms with Gasteiger partial charge in [-0.15, -0.1) is 22.0 Å². The molecule has 0 radical (unpaired) electrons. The van der Waals surface area contributed by atoms with Crippen LogP contribution < -0.4 is 0 Å². The van der Waals surface area contributed by atoms with Crippen LogP contribution in [0.2, 0.25) is 0 Å². The number of likely N-dealkylation sites (tertiary alicyclic amines) is 1. The Balaban J connectivity index is 1.39. The van der Waals surface area contributed by atoms with E-state index in [0.29, 0.717) is 6.54 Å². The summed E-state index contributed by atoms with van der Waals surface area (Å²) in [5.74, 6) is 1.21. The fourth-order valence-electron chi connectivity index (χ4n) is 3.65. The topological polar surface area (TPSA) is 64.2 Å². The van der Waals surface area contributed by atoms with Crippen molar-refractivity contribution in [2.75, 3.05) is 19.3 Å². The van der Waals surface area contributed by atoms with Crippen molar-refractivity contribution in [2.45, 2.75) is 34.5 Å². The van der Waals surface area contributed by atoms with Crippen LogP contribution in [0.4, 0.5) is 0 Å². The van der Waals surface area contributed by atoms with E-state index in [4.69, 9.17) is 4.42 Å². The highest BCUT2D eigenvalue weighted by Gasteiger charge is 2.28. The third-order valence-corrected chi connectivity index (χ3v) is 6.90. The molecule has 0 saturated carbocycles. The molecule has 29 heavy (non-hydrogen) atoms. The van der Waals surface area contributed by atoms with Gasteiger partial charge in [-0.05, 0) is 55.6 Å². The number of thioether (sulfide) groups is 1. The smallest absolute Gasteiger partial charge is 0.198 e. The van der Waals surface area contributed by atoms with Crippen molar-refractivity contribution < 1.29 is 9.21 Å². The molecule has 2 aromatic heterocycles. The van der Waals surface area contributed by atoms with E-state index in [1.165, 1.54) is 11.8 Å². The molecule has 1 fully saturated rings. The number of ketones is 1. The lowest BCUT2D eigenvalue weighted by Gasteiger charge is -2.31. The van der Waals surface area contributed by atoms with Gasteiger partial charge in [0.2, 0.25) is 0 Å². The van der Waals surface area contributed by atoms with E-state index in [-0.39, 0.29) is 11.7 Å². The lowest BCUT2D eigenvalue weighted by atomic mass is 9.90. The van der Waals surface area contributed by atoms with Gasteiger partial charge in [0.25, 0.3) is 0 Å². The summed E-state index contributed by atoms with van der Waals surface area (Å²) < 4.78 is 7.84. The molecule has 0 spiro atoms. The molecule has 152 valence electrons. The number of hydrogen-bond acceptors (Lipinski definition) is 7. The Labute approximate surface area is 179 Å². The van der Waals surface area contributed by atoms with Gasteiger partial charge in [0.1, 0.15) is 12.1 Å². The highest BCUT2D eigenvalue weighted by Crippen LogP contribution is 2.30. The zero-order chi connectivity index (χ0) is 20.2. The van der Waals surface area contributed by atoms with Crippen molar-refractivity contribution in [1.29, 1.82) is 0 Å². The van der Waals surface area contributed by atoms with E-state index in [9.17, 15) is 4.79 Å². The predicted molar refractivity (Wildman–Crippen MR) is 114 cm³/mol. The number of furan rings is 1. The number of nitrogens with zero attached hydrogens (tertiary/aromatic N) is 4. The number of aryl methyl sites for hydroxylation is 1. The molecule has 1 aliphatic heterocycles. The molecular weight excluding hydrogens is 404 g/mol. The lowest BCUT2D eigenvalue weighted by molar-refractivity contribution is 0.0798. The lowest BCUT2D eigenvalue weighted by Crippen LogP contribution is -2.38. The average molecular weight is 429 g/mol.